The fraction of sp³-hybridized carbons (Fsp3) is 0. The summed E-state index contributed by atoms with van der Waals surface area (Å²) in [5.41, 5.74) is 0.884. The van der Waals surface area contributed by atoms with Gasteiger partial charge < -0.3 is 0 Å². The van der Waals surface area contributed by atoms with Crippen LogP contribution in [-0.2, 0) is 0 Å². The molecule has 0 N–H and O–H groups in total. The second-order valence-corrected chi connectivity index (χ2v) is 2.58. The second-order valence-electron chi connectivity index (χ2n) is 2.58. The van der Waals surface area contributed by atoms with Crippen molar-refractivity contribution in [3.8, 4) is 0 Å². The zero-order chi connectivity index (χ0) is 8.72. The smallest absolute Gasteiger partial charge is 0.261 e. The quantitative estimate of drug-likeness (QED) is 0.532. The van der Waals surface area contributed by atoms with E-state index in [2.05, 4.69) is 7.05 Å². The number of nitrogens with zero attached hydrogens (tertiary/aromatic N) is 1. The first kappa shape index (κ1) is 7.03. The monoisotopic (exact) mass is 160 g/mol. The summed E-state index contributed by atoms with van der Waals surface area (Å²) in [5, 5.41) is 0. The molecule has 1 aliphatic rings. The summed E-state index contributed by atoms with van der Waals surface area (Å²) < 4.78 is 0. The standard InChI is InChI=1S/C9H6NO2/c1-10-8(11)6-4-2-3-5-7(6)9(10)12/h2-5H,1H2. The predicted molar refractivity (Wildman–Crippen MR) is 42.3 cm³/mol. The van der Waals surface area contributed by atoms with Crippen molar-refractivity contribution < 1.29 is 9.59 Å². The van der Waals surface area contributed by atoms with Crippen LogP contribution in [0.25, 0.3) is 0 Å². The van der Waals surface area contributed by atoms with E-state index in [1.807, 2.05) is 0 Å². The highest BCUT2D eigenvalue weighted by Crippen LogP contribution is 2.20. The molecule has 1 aliphatic heterocycles. The van der Waals surface area contributed by atoms with E-state index in [1.54, 1.807) is 24.3 Å². The van der Waals surface area contributed by atoms with Crippen molar-refractivity contribution >= 4 is 11.8 Å². The van der Waals surface area contributed by atoms with Crippen LogP contribution in [0.1, 0.15) is 20.7 Å². The van der Waals surface area contributed by atoms with Gasteiger partial charge in [0.05, 0.1) is 11.1 Å². The van der Waals surface area contributed by atoms with Crippen LogP contribution in [-0.4, -0.2) is 16.7 Å². The molecule has 0 aliphatic carbocycles. The molecule has 3 heteroatoms. The van der Waals surface area contributed by atoms with Gasteiger partial charge in [0.25, 0.3) is 11.8 Å². The summed E-state index contributed by atoms with van der Waals surface area (Å²) in [4.78, 5) is 23.4. The summed E-state index contributed by atoms with van der Waals surface area (Å²) in [5.74, 6) is -0.647. The Hall–Kier alpha value is -1.64. The van der Waals surface area contributed by atoms with Gasteiger partial charge in [-0.15, -0.1) is 0 Å². The Balaban J connectivity index is 2.67. The number of fused-ring (bicyclic) bond motifs is 1. The lowest BCUT2D eigenvalue weighted by atomic mass is 10.1. The molecule has 0 unspecified atom stereocenters. The molecule has 2 rings (SSSR count). The SMILES string of the molecule is [CH2]N1C(=O)c2ccccc2C1=O. The lowest BCUT2D eigenvalue weighted by molar-refractivity contribution is 0.0717. The van der Waals surface area contributed by atoms with Gasteiger partial charge in [-0.1, -0.05) is 12.1 Å². The topological polar surface area (TPSA) is 37.4 Å². The van der Waals surface area contributed by atoms with Gasteiger partial charge in [-0.3, -0.25) is 14.5 Å². The van der Waals surface area contributed by atoms with Crippen LogP contribution in [0.2, 0.25) is 0 Å². The summed E-state index contributed by atoms with van der Waals surface area (Å²) in [7, 11) is 3.35. The number of hydrogen-bond donors (Lipinski definition) is 0. The van der Waals surface area contributed by atoms with E-state index in [1.165, 1.54) is 0 Å². The highest BCUT2D eigenvalue weighted by Gasteiger charge is 2.31. The van der Waals surface area contributed by atoms with Crippen molar-refractivity contribution in [1.29, 1.82) is 0 Å². The molecule has 1 aromatic carbocycles. The Labute approximate surface area is 69.6 Å². The molecular weight excluding hydrogens is 154 g/mol. The molecule has 59 valence electrons. The summed E-state index contributed by atoms with van der Waals surface area (Å²) in [6, 6.07) is 6.70. The number of carbonyl (C=O) groups excluding carboxylic acids is 2. The molecule has 1 heterocycles. The Bertz CT molecular complexity index is 336. The van der Waals surface area contributed by atoms with E-state index < -0.39 is 0 Å². The maximum Gasteiger partial charge on any atom is 0.261 e. The molecule has 3 nitrogen and oxygen atoms in total. The van der Waals surface area contributed by atoms with E-state index in [9.17, 15) is 9.59 Å². The third kappa shape index (κ3) is 0.704. The number of imide groups is 1. The Kier molecular flexibility index (Phi) is 1.27. The van der Waals surface area contributed by atoms with Crippen LogP contribution in [0.3, 0.4) is 0 Å². The minimum Gasteiger partial charge on any atom is -0.273 e. The largest absolute Gasteiger partial charge is 0.273 e. The van der Waals surface area contributed by atoms with E-state index in [0.717, 1.165) is 4.90 Å². The molecule has 1 aromatic rings. The number of benzene rings is 1. The average molecular weight is 160 g/mol. The average Bonchev–Trinajstić information content (AvgIpc) is 2.33. The van der Waals surface area contributed by atoms with Crippen LogP contribution >= 0.6 is 0 Å². The molecule has 0 fully saturated rings. The molecule has 0 atom stereocenters. The van der Waals surface area contributed by atoms with Gasteiger partial charge in [-0.25, -0.2) is 0 Å². The number of carbonyl (C=O) groups is 2. The maximum atomic E-state index is 11.2. The highest BCUT2D eigenvalue weighted by molar-refractivity contribution is 6.21. The number of amides is 2. The second kappa shape index (κ2) is 2.17. The van der Waals surface area contributed by atoms with Crippen molar-refractivity contribution in [2.45, 2.75) is 0 Å². The summed E-state index contributed by atoms with van der Waals surface area (Å²) in [6.45, 7) is 0. The van der Waals surface area contributed by atoms with E-state index in [-0.39, 0.29) is 11.8 Å². The van der Waals surface area contributed by atoms with E-state index in [4.69, 9.17) is 0 Å². The molecule has 1 radical (unpaired) electrons. The molecule has 0 saturated heterocycles. The van der Waals surface area contributed by atoms with Crippen molar-refractivity contribution in [2.24, 2.45) is 0 Å². The predicted octanol–water partition coefficient (Wildman–Crippen LogP) is 1.07. The van der Waals surface area contributed by atoms with Crippen molar-refractivity contribution in [2.75, 3.05) is 0 Å². The molecule has 12 heavy (non-hydrogen) atoms. The Morgan fingerprint density at radius 2 is 1.42 bits per heavy atom. The normalized spacial score (nSPS) is 15.2. The molecular formula is C9H6NO2. The van der Waals surface area contributed by atoms with Gasteiger partial charge in [-0.05, 0) is 12.1 Å². The molecule has 0 saturated carbocycles. The zero-order valence-corrected chi connectivity index (χ0v) is 6.28. The summed E-state index contributed by atoms with van der Waals surface area (Å²) in [6.07, 6.45) is 0. The lowest BCUT2D eigenvalue weighted by Crippen LogP contribution is -2.21. The minimum absolute atomic E-state index is 0.324. The highest BCUT2D eigenvalue weighted by atomic mass is 16.2. The van der Waals surface area contributed by atoms with Gasteiger partial charge >= 0.3 is 0 Å². The minimum atomic E-state index is -0.324. The third-order valence-corrected chi connectivity index (χ3v) is 1.88. The van der Waals surface area contributed by atoms with Gasteiger partial charge in [0.15, 0.2) is 0 Å². The zero-order valence-electron chi connectivity index (χ0n) is 6.28. The van der Waals surface area contributed by atoms with Crippen molar-refractivity contribution in [1.82, 2.24) is 4.90 Å². The first-order valence-corrected chi connectivity index (χ1v) is 3.50. The van der Waals surface area contributed by atoms with Crippen LogP contribution in [0, 0.1) is 7.05 Å². The van der Waals surface area contributed by atoms with Crippen molar-refractivity contribution in [3.05, 3.63) is 42.4 Å². The third-order valence-electron chi connectivity index (χ3n) is 1.88. The van der Waals surface area contributed by atoms with Gasteiger partial charge in [0, 0.05) is 7.05 Å². The van der Waals surface area contributed by atoms with Crippen LogP contribution in [0.5, 0.6) is 0 Å². The van der Waals surface area contributed by atoms with Crippen LogP contribution in [0.15, 0.2) is 24.3 Å². The number of hydrogen-bond acceptors (Lipinski definition) is 2. The van der Waals surface area contributed by atoms with E-state index >= 15 is 0 Å². The Morgan fingerprint density at radius 3 is 1.83 bits per heavy atom. The van der Waals surface area contributed by atoms with Crippen LogP contribution in [0.4, 0.5) is 0 Å². The lowest BCUT2D eigenvalue weighted by Gasteiger charge is -2.01. The molecule has 0 aromatic heterocycles. The maximum absolute atomic E-state index is 11.2. The summed E-state index contributed by atoms with van der Waals surface area (Å²) >= 11 is 0. The fourth-order valence-corrected chi connectivity index (χ4v) is 1.24. The van der Waals surface area contributed by atoms with Crippen molar-refractivity contribution in [3.63, 3.8) is 0 Å². The molecule has 0 spiro atoms. The fourth-order valence-electron chi connectivity index (χ4n) is 1.24. The Morgan fingerprint density at radius 1 is 1.00 bits per heavy atom. The van der Waals surface area contributed by atoms with Gasteiger partial charge in [0.1, 0.15) is 0 Å². The molecule has 0 bridgehead atoms. The van der Waals surface area contributed by atoms with Gasteiger partial charge in [-0.2, -0.15) is 0 Å². The van der Waals surface area contributed by atoms with Gasteiger partial charge in [0.2, 0.25) is 0 Å². The van der Waals surface area contributed by atoms with E-state index in [0.29, 0.717) is 11.1 Å². The number of rotatable bonds is 0. The first-order valence-electron chi connectivity index (χ1n) is 3.50. The molecule has 2 amide bonds. The first-order chi connectivity index (χ1) is 5.72. The van der Waals surface area contributed by atoms with Crippen LogP contribution < -0.4 is 0 Å².